The minimum atomic E-state index is -1.16. The molecule has 70 valence electrons. The maximum absolute atomic E-state index is 13.9. The molecule has 2 heteroatoms. The Kier molecular flexibility index (Phi) is 1.98. The molecule has 1 heterocycles. The molecule has 1 atom stereocenters. The SMILES string of the molecule is CCC1(F)COc2ccccc2C1. The Morgan fingerprint density at radius 2 is 2.23 bits per heavy atom. The predicted octanol–water partition coefficient (Wildman–Crippen LogP) is 2.74. The van der Waals surface area contributed by atoms with E-state index >= 15 is 0 Å². The first-order valence-corrected chi connectivity index (χ1v) is 4.63. The van der Waals surface area contributed by atoms with E-state index in [1.165, 1.54) is 0 Å². The lowest BCUT2D eigenvalue weighted by molar-refractivity contribution is 0.0636. The van der Waals surface area contributed by atoms with Crippen LogP contribution in [0.25, 0.3) is 0 Å². The van der Waals surface area contributed by atoms with Crippen molar-refractivity contribution in [3.63, 3.8) is 0 Å². The van der Waals surface area contributed by atoms with E-state index < -0.39 is 5.67 Å². The zero-order chi connectivity index (χ0) is 9.31. The molecule has 0 amide bonds. The molecule has 1 unspecified atom stereocenters. The summed E-state index contributed by atoms with van der Waals surface area (Å²) < 4.78 is 19.2. The van der Waals surface area contributed by atoms with Gasteiger partial charge in [0.1, 0.15) is 18.0 Å². The van der Waals surface area contributed by atoms with Gasteiger partial charge in [-0.15, -0.1) is 0 Å². The van der Waals surface area contributed by atoms with Gasteiger partial charge in [-0.25, -0.2) is 4.39 Å². The summed E-state index contributed by atoms with van der Waals surface area (Å²) in [6, 6.07) is 7.66. The van der Waals surface area contributed by atoms with Crippen LogP contribution in [0.15, 0.2) is 24.3 Å². The molecule has 13 heavy (non-hydrogen) atoms. The van der Waals surface area contributed by atoms with Crippen LogP contribution in [0.5, 0.6) is 5.75 Å². The highest BCUT2D eigenvalue weighted by Gasteiger charge is 2.33. The maximum atomic E-state index is 13.9. The van der Waals surface area contributed by atoms with E-state index in [0.29, 0.717) is 12.8 Å². The van der Waals surface area contributed by atoms with Gasteiger partial charge in [0.15, 0.2) is 0 Å². The van der Waals surface area contributed by atoms with Crippen LogP contribution in [0.4, 0.5) is 4.39 Å². The fourth-order valence-corrected chi connectivity index (χ4v) is 1.62. The normalized spacial score (nSPS) is 26.3. The minimum absolute atomic E-state index is 0.195. The Morgan fingerprint density at radius 3 is 3.00 bits per heavy atom. The summed E-state index contributed by atoms with van der Waals surface area (Å²) in [6.45, 7) is 2.05. The first kappa shape index (κ1) is 8.54. The van der Waals surface area contributed by atoms with Gasteiger partial charge < -0.3 is 4.74 Å². The van der Waals surface area contributed by atoms with Crippen LogP contribution in [-0.2, 0) is 6.42 Å². The maximum Gasteiger partial charge on any atom is 0.148 e. The van der Waals surface area contributed by atoms with Gasteiger partial charge in [0.2, 0.25) is 0 Å². The van der Waals surface area contributed by atoms with Crippen LogP contribution < -0.4 is 4.74 Å². The van der Waals surface area contributed by atoms with Gasteiger partial charge in [0, 0.05) is 6.42 Å². The fourth-order valence-electron chi connectivity index (χ4n) is 1.62. The van der Waals surface area contributed by atoms with Crippen LogP contribution in [0.1, 0.15) is 18.9 Å². The third-order valence-electron chi connectivity index (χ3n) is 2.60. The van der Waals surface area contributed by atoms with Crippen LogP contribution in [-0.4, -0.2) is 12.3 Å². The van der Waals surface area contributed by atoms with Gasteiger partial charge in [-0.1, -0.05) is 25.1 Å². The van der Waals surface area contributed by atoms with Crippen LogP contribution in [0.3, 0.4) is 0 Å². The number of ether oxygens (including phenoxy) is 1. The molecule has 0 N–H and O–H groups in total. The number of para-hydroxylation sites is 1. The first-order valence-electron chi connectivity index (χ1n) is 4.63. The zero-order valence-corrected chi connectivity index (χ0v) is 7.72. The number of benzene rings is 1. The van der Waals surface area contributed by atoms with E-state index in [-0.39, 0.29) is 6.61 Å². The average molecular weight is 180 g/mol. The van der Waals surface area contributed by atoms with Crippen molar-refractivity contribution in [2.45, 2.75) is 25.4 Å². The molecule has 0 spiro atoms. The second-order valence-corrected chi connectivity index (χ2v) is 3.58. The highest BCUT2D eigenvalue weighted by molar-refractivity contribution is 5.36. The van der Waals surface area contributed by atoms with Gasteiger partial charge in [-0.2, -0.15) is 0 Å². The van der Waals surface area contributed by atoms with E-state index in [9.17, 15) is 4.39 Å². The number of hydrogen-bond acceptors (Lipinski definition) is 1. The Hall–Kier alpha value is -1.05. The predicted molar refractivity (Wildman–Crippen MR) is 49.8 cm³/mol. The van der Waals surface area contributed by atoms with Crippen molar-refractivity contribution < 1.29 is 9.13 Å². The molecule has 1 aliphatic rings. The number of alkyl halides is 1. The fraction of sp³-hybridized carbons (Fsp3) is 0.455. The minimum Gasteiger partial charge on any atom is -0.490 e. The molecule has 0 fully saturated rings. The van der Waals surface area contributed by atoms with Gasteiger partial charge in [0.05, 0.1) is 0 Å². The number of hydrogen-bond donors (Lipinski definition) is 0. The van der Waals surface area contributed by atoms with Gasteiger partial charge in [0.25, 0.3) is 0 Å². The molecule has 1 nitrogen and oxygen atoms in total. The van der Waals surface area contributed by atoms with Crippen molar-refractivity contribution in [2.24, 2.45) is 0 Å². The van der Waals surface area contributed by atoms with Crippen molar-refractivity contribution in [2.75, 3.05) is 6.61 Å². The lowest BCUT2D eigenvalue weighted by Gasteiger charge is -2.30. The lowest BCUT2D eigenvalue weighted by Crippen LogP contribution is -2.36. The summed E-state index contributed by atoms with van der Waals surface area (Å²) in [5.74, 6) is 0.837. The smallest absolute Gasteiger partial charge is 0.148 e. The summed E-state index contributed by atoms with van der Waals surface area (Å²) in [7, 11) is 0. The molecule has 0 saturated heterocycles. The highest BCUT2D eigenvalue weighted by atomic mass is 19.1. The van der Waals surface area contributed by atoms with E-state index in [0.717, 1.165) is 11.3 Å². The van der Waals surface area contributed by atoms with Gasteiger partial charge in [-0.3, -0.25) is 0 Å². The van der Waals surface area contributed by atoms with E-state index in [2.05, 4.69) is 0 Å². The summed E-state index contributed by atoms with van der Waals surface area (Å²) in [5, 5.41) is 0. The van der Waals surface area contributed by atoms with Crippen molar-refractivity contribution in [3.8, 4) is 5.75 Å². The van der Waals surface area contributed by atoms with Crippen LogP contribution in [0.2, 0.25) is 0 Å². The number of fused-ring (bicyclic) bond motifs is 1. The van der Waals surface area contributed by atoms with Crippen molar-refractivity contribution in [1.29, 1.82) is 0 Å². The molecule has 1 aliphatic heterocycles. The molecule has 0 aromatic heterocycles. The molecule has 1 aromatic carbocycles. The third kappa shape index (κ3) is 1.53. The first-order chi connectivity index (χ1) is 6.23. The van der Waals surface area contributed by atoms with Gasteiger partial charge in [-0.05, 0) is 18.1 Å². The van der Waals surface area contributed by atoms with Crippen LogP contribution in [0, 0.1) is 0 Å². The molecular formula is C11H13FO. The number of halogens is 1. The Bertz CT molecular complexity index is 311. The molecule has 1 aromatic rings. The Morgan fingerprint density at radius 1 is 1.46 bits per heavy atom. The quantitative estimate of drug-likeness (QED) is 0.645. The average Bonchev–Trinajstić information content (AvgIpc) is 2.18. The summed E-state index contributed by atoms with van der Waals surface area (Å²) in [4.78, 5) is 0. The highest BCUT2D eigenvalue weighted by Crippen LogP contribution is 2.33. The second kappa shape index (κ2) is 3.02. The van der Waals surface area contributed by atoms with Gasteiger partial charge >= 0.3 is 0 Å². The van der Waals surface area contributed by atoms with E-state index in [4.69, 9.17) is 4.74 Å². The van der Waals surface area contributed by atoms with Crippen molar-refractivity contribution in [3.05, 3.63) is 29.8 Å². The standard InChI is InChI=1S/C11H13FO/c1-2-11(12)7-9-5-3-4-6-10(9)13-8-11/h3-6H,2,7-8H2,1H3. The number of rotatable bonds is 1. The van der Waals surface area contributed by atoms with Crippen LogP contribution >= 0.6 is 0 Å². The molecule has 0 radical (unpaired) electrons. The molecule has 0 saturated carbocycles. The zero-order valence-electron chi connectivity index (χ0n) is 7.72. The van der Waals surface area contributed by atoms with E-state index in [1.54, 1.807) is 0 Å². The van der Waals surface area contributed by atoms with Crippen molar-refractivity contribution in [1.82, 2.24) is 0 Å². The largest absolute Gasteiger partial charge is 0.490 e. The molecule has 2 rings (SSSR count). The summed E-state index contributed by atoms with van der Waals surface area (Å²) in [5.41, 5.74) is -0.174. The lowest BCUT2D eigenvalue weighted by atomic mass is 9.92. The monoisotopic (exact) mass is 180 g/mol. The Labute approximate surface area is 77.5 Å². The topological polar surface area (TPSA) is 9.23 Å². The molecular weight excluding hydrogens is 167 g/mol. The van der Waals surface area contributed by atoms with Crippen molar-refractivity contribution >= 4 is 0 Å². The Balaban J connectivity index is 2.29. The summed E-state index contributed by atoms with van der Waals surface area (Å²) >= 11 is 0. The van der Waals surface area contributed by atoms with E-state index in [1.807, 2.05) is 31.2 Å². The molecule has 0 bridgehead atoms. The third-order valence-corrected chi connectivity index (χ3v) is 2.60. The second-order valence-electron chi connectivity index (χ2n) is 3.58. The summed E-state index contributed by atoms with van der Waals surface area (Å²) in [6.07, 6.45) is 1.00. The molecule has 0 aliphatic carbocycles.